The Morgan fingerprint density at radius 2 is 2.04 bits per heavy atom. The number of oxazole rings is 1. The van der Waals surface area contributed by atoms with Crippen molar-refractivity contribution in [3.05, 3.63) is 36.5 Å². The van der Waals surface area contributed by atoms with Gasteiger partial charge in [0.15, 0.2) is 11.7 Å². The molecular weight excluding hydrogens is 330 g/mol. The molecule has 26 heavy (non-hydrogen) atoms. The third-order valence-corrected chi connectivity index (χ3v) is 4.79. The highest BCUT2D eigenvalue weighted by atomic mass is 16.4. The zero-order valence-corrected chi connectivity index (χ0v) is 14.9. The van der Waals surface area contributed by atoms with Crippen LogP contribution in [0.5, 0.6) is 0 Å². The van der Waals surface area contributed by atoms with Crippen molar-refractivity contribution in [3.8, 4) is 11.5 Å². The number of piperidine rings is 1. The van der Waals surface area contributed by atoms with Gasteiger partial charge in [-0.3, -0.25) is 4.79 Å². The summed E-state index contributed by atoms with van der Waals surface area (Å²) in [7, 11) is 2.08. The predicted molar refractivity (Wildman–Crippen MR) is 98.6 cm³/mol. The summed E-state index contributed by atoms with van der Waals surface area (Å²) in [4.78, 5) is 27.8. The maximum Gasteiger partial charge on any atom is 0.228 e. The van der Waals surface area contributed by atoms with Crippen LogP contribution in [0.4, 0.5) is 5.82 Å². The largest absolute Gasteiger partial charge is 0.439 e. The first-order valence-corrected chi connectivity index (χ1v) is 8.77. The van der Waals surface area contributed by atoms with E-state index < -0.39 is 0 Å². The molecule has 1 amide bonds. The van der Waals surface area contributed by atoms with Crippen LogP contribution in [-0.4, -0.2) is 45.9 Å². The third-order valence-electron chi connectivity index (χ3n) is 4.79. The van der Waals surface area contributed by atoms with Crippen LogP contribution >= 0.6 is 0 Å². The molecule has 3 aromatic heterocycles. The first-order chi connectivity index (χ1) is 12.6. The molecule has 4 rings (SSSR count). The lowest BCUT2D eigenvalue weighted by Crippen LogP contribution is -2.36. The molecule has 0 unspecified atom stereocenters. The molecule has 1 aliphatic rings. The Labute approximate surface area is 151 Å². The lowest BCUT2D eigenvalue weighted by molar-refractivity contribution is -0.121. The van der Waals surface area contributed by atoms with E-state index in [2.05, 4.69) is 32.2 Å². The number of likely N-dealkylation sites (tertiary alicyclic amines) is 1. The molecular formula is C19H21N5O2. The Hall–Kier alpha value is -2.80. The van der Waals surface area contributed by atoms with Gasteiger partial charge in [0, 0.05) is 30.5 Å². The van der Waals surface area contributed by atoms with Crippen LogP contribution in [0.2, 0.25) is 0 Å². The molecule has 1 fully saturated rings. The van der Waals surface area contributed by atoms with Crippen LogP contribution in [0.15, 0.2) is 35.0 Å². The van der Waals surface area contributed by atoms with Crippen molar-refractivity contribution < 1.29 is 9.21 Å². The van der Waals surface area contributed by atoms with E-state index in [0.717, 1.165) is 36.8 Å². The fourth-order valence-electron chi connectivity index (χ4n) is 3.20. The zero-order chi connectivity index (χ0) is 18.1. The van der Waals surface area contributed by atoms with E-state index in [-0.39, 0.29) is 11.8 Å². The molecule has 0 bridgehead atoms. The maximum atomic E-state index is 12.5. The minimum absolute atomic E-state index is 0.0342. The number of carbonyl (C=O) groups is 1. The highest BCUT2D eigenvalue weighted by Crippen LogP contribution is 2.23. The van der Waals surface area contributed by atoms with Gasteiger partial charge in [0.05, 0.1) is 11.7 Å². The van der Waals surface area contributed by atoms with Crippen molar-refractivity contribution in [1.29, 1.82) is 0 Å². The number of aryl methyl sites for hydroxylation is 1. The highest BCUT2D eigenvalue weighted by Gasteiger charge is 2.23. The van der Waals surface area contributed by atoms with Crippen molar-refractivity contribution in [2.75, 3.05) is 25.5 Å². The lowest BCUT2D eigenvalue weighted by atomic mass is 9.96. The maximum absolute atomic E-state index is 12.5. The van der Waals surface area contributed by atoms with Gasteiger partial charge in [-0.15, -0.1) is 0 Å². The number of amides is 1. The van der Waals surface area contributed by atoms with Gasteiger partial charge in [0.2, 0.25) is 5.91 Å². The number of fused-ring (bicyclic) bond motifs is 1. The standard InChI is InChI=1S/C19H21N5O2/c1-12-20-11-17(26-12)15-4-3-14-10-21-18(9-16(14)22-15)23-19(25)13-5-7-24(2)8-6-13/h3-4,9-11,13H,5-8H2,1-2H3,(H,21,23,25). The van der Waals surface area contributed by atoms with E-state index in [1.807, 2.05) is 12.1 Å². The molecule has 0 radical (unpaired) electrons. The minimum atomic E-state index is 0.0342. The molecule has 0 saturated carbocycles. The third kappa shape index (κ3) is 3.43. The molecule has 0 atom stereocenters. The van der Waals surface area contributed by atoms with Crippen molar-refractivity contribution in [3.63, 3.8) is 0 Å². The fraction of sp³-hybridized carbons (Fsp3) is 0.368. The van der Waals surface area contributed by atoms with E-state index in [1.54, 1.807) is 25.4 Å². The Balaban J connectivity index is 1.55. The van der Waals surface area contributed by atoms with Crippen LogP contribution in [0, 0.1) is 12.8 Å². The number of hydrogen-bond acceptors (Lipinski definition) is 6. The van der Waals surface area contributed by atoms with Gasteiger partial charge >= 0.3 is 0 Å². The van der Waals surface area contributed by atoms with E-state index in [0.29, 0.717) is 23.2 Å². The molecule has 0 spiro atoms. The van der Waals surface area contributed by atoms with Crippen molar-refractivity contribution >= 4 is 22.6 Å². The summed E-state index contributed by atoms with van der Waals surface area (Å²) in [6.07, 6.45) is 5.14. The summed E-state index contributed by atoms with van der Waals surface area (Å²) in [6.45, 7) is 3.70. The van der Waals surface area contributed by atoms with E-state index in [4.69, 9.17) is 4.42 Å². The Morgan fingerprint density at radius 1 is 1.23 bits per heavy atom. The number of nitrogens with zero attached hydrogens (tertiary/aromatic N) is 4. The number of rotatable bonds is 3. The van der Waals surface area contributed by atoms with Crippen LogP contribution in [0.25, 0.3) is 22.4 Å². The van der Waals surface area contributed by atoms with Crippen molar-refractivity contribution in [1.82, 2.24) is 19.9 Å². The number of aromatic nitrogens is 3. The Kier molecular flexibility index (Phi) is 4.38. The molecule has 1 saturated heterocycles. The van der Waals surface area contributed by atoms with E-state index >= 15 is 0 Å². The van der Waals surface area contributed by atoms with Gasteiger partial charge in [-0.05, 0) is 45.1 Å². The normalized spacial score (nSPS) is 16.1. The molecule has 0 aromatic carbocycles. The second-order valence-corrected chi connectivity index (χ2v) is 6.77. The van der Waals surface area contributed by atoms with Crippen LogP contribution in [0.3, 0.4) is 0 Å². The van der Waals surface area contributed by atoms with Gasteiger partial charge in [-0.25, -0.2) is 15.0 Å². The highest BCUT2D eigenvalue weighted by molar-refractivity contribution is 5.93. The van der Waals surface area contributed by atoms with Crippen LogP contribution in [0.1, 0.15) is 18.7 Å². The van der Waals surface area contributed by atoms with Crippen molar-refractivity contribution in [2.24, 2.45) is 5.92 Å². The van der Waals surface area contributed by atoms with E-state index in [1.165, 1.54) is 0 Å². The zero-order valence-electron chi connectivity index (χ0n) is 14.9. The Bertz CT molecular complexity index is 944. The lowest BCUT2D eigenvalue weighted by Gasteiger charge is -2.27. The first-order valence-electron chi connectivity index (χ1n) is 8.77. The molecule has 0 aliphatic carbocycles. The van der Waals surface area contributed by atoms with Gasteiger partial charge in [-0.2, -0.15) is 0 Å². The molecule has 7 nitrogen and oxygen atoms in total. The summed E-state index contributed by atoms with van der Waals surface area (Å²) >= 11 is 0. The van der Waals surface area contributed by atoms with E-state index in [9.17, 15) is 4.79 Å². The Morgan fingerprint density at radius 3 is 2.77 bits per heavy atom. The smallest absolute Gasteiger partial charge is 0.228 e. The summed E-state index contributed by atoms with van der Waals surface area (Å²) in [5, 5.41) is 3.84. The monoisotopic (exact) mass is 351 g/mol. The average molecular weight is 351 g/mol. The fourth-order valence-corrected chi connectivity index (χ4v) is 3.20. The second-order valence-electron chi connectivity index (χ2n) is 6.77. The molecule has 134 valence electrons. The predicted octanol–water partition coefficient (Wildman–Crippen LogP) is 2.87. The van der Waals surface area contributed by atoms with Crippen molar-refractivity contribution in [2.45, 2.75) is 19.8 Å². The summed E-state index contributed by atoms with van der Waals surface area (Å²) in [5.74, 6) is 1.83. The topological polar surface area (TPSA) is 84.2 Å². The molecule has 1 aliphatic heterocycles. The molecule has 3 aromatic rings. The number of pyridine rings is 2. The number of anilines is 1. The number of hydrogen-bond donors (Lipinski definition) is 1. The number of nitrogens with one attached hydrogen (secondary N) is 1. The van der Waals surface area contributed by atoms with Crippen LogP contribution < -0.4 is 5.32 Å². The SMILES string of the molecule is Cc1ncc(-c2ccc3cnc(NC(=O)C4CCN(C)CC4)cc3n2)o1. The van der Waals surface area contributed by atoms with Gasteiger partial charge < -0.3 is 14.6 Å². The molecule has 1 N–H and O–H groups in total. The number of carbonyl (C=O) groups excluding carboxylic acids is 1. The quantitative estimate of drug-likeness (QED) is 0.781. The minimum Gasteiger partial charge on any atom is -0.439 e. The molecule has 4 heterocycles. The summed E-state index contributed by atoms with van der Waals surface area (Å²) < 4.78 is 5.54. The summed E-state index contributed by atoms with van der Waals surface area (Å²) in [6, 6.07) is 5.61. The van der Waals surface area contributed by atoms with Crippen LogP contribution in [-0.2, 0) is 4.79 Å². The molecule has 7 heteroatoms. The average Bonchev–Trinajstić information content (AvgIpc) is 3.08. The van der Waals surface area contributed by atoms with Gasteiger partial charge in [0.1, 0.15) is 11.5 Å². The summed E-state index contributed by atoms with van der Waals surface area (Å²) in [5.41, 5.74) is 1.46. The second kappa shape index (κ2) is 6.84. The van der Waals surface area contributed by atoms with Gasteiger partial charge in [0.25, 0.3) is 0 Å². The van der Waals surface area contributed by atoms with Gasteiger partial charge in [-0.1, -0.05) is 0 Å². The first kappa shape index (κ1) is 16.7.